The van der Waals surface area contributed by atoms with Crippen LogP contribution in [0.15, 0.2) is 47.4 Å². The van der Waals surface area contributed by atoms with Crippen LogP contribution < -0.4 is 10.6 Å². The molecule has 1 aliphatic carbocycles. The molecule has 0 atom stereocenters. The summed E-state index contributed by atoms with van der Waals surface area (Å²) < 4.78 is 5.11. The smallest absolute Gasteiger partial charge is 0.320 e. The fourth-order valence-electron chi connectivity index (χ4n) is 3.07. The topological polar surface area (TPSA) is 80.1 Å². The van der Waals surface area contributed by atoms with Crippen molar-refractivity contribution in [3.05, 3.63) is 43.0 Å². The zero-order valence-corrected chi connectivity index (χ0v) is 13.2. The van der Waals surface area contributed by atoms with E-state index in [-0.39, 0.29) is 12.1 Å². The van der Waals surface area contributed by atoms with Gasteiger partial charge in [-0.1, -0.05) is 12.8 Å². The molecule has 1 saturated carbocycles. The summed E-state index contributed by atoms with van der Waals surface area (Å²) in [7, 11) is 0. The number of anilines is 1. The number of aromatic nitrogens is 2. The number of carbonyl (C=O) groups is 1. The largest absolute Gasteiger partial charge is 0.472 e. The summed E-state index contributed by atoms with van der Waals surface area (Å²) in [6, 6.07) is 7.51. The molecule has 2 N–H and O–H groups in total. The molecule has 0 radical (unpaired) electrons. The molecular formula is C18H18N4O2. The number of amides is 2. The number of carbonyl (C=O) groups excluding carboxylic acids is 1. The van der Waals surface area contributed by atoms with E-state index in [1.165, 1.54) is 12.8 Å². The number of nitrogens with one attached hydrogen (secondary N) is 2. The molecule has 1 fully saturated rings. The van der Waals surface area contributed by atoms with Crippen molar-refractivity contribution in [2.24, 2.45) is 0 Å². The fourth-order valence-corrected chi connectivity index (χ4v) is 3.07. The Morgan fingerprint density at radius 2 is 2.00 bits per heavy atom. The Labute approximate surface area is 139 Å². The minimum absolute atomic E-state index is 0.201. The predicted molar refractivity (Wildman–Crippen MR) is 91.7 cm³/mol. The first kappa shape index (κ1) is 14.7. The number of fused-ring (bicyclic) bond motifs is 1. The number of hydrogen-bond acceptors (Lipinski definition) is 4. The molecule has 3 heterocycles. The van der Waals surface area contributed by atoms with Crippen molar-refractivity contribution in [3.8, 4) is 11.1 Å². The number of urea groups is 1. The van der Waals surface area contributed by atoms with Crippen molar-refractivity contribution in [2.45, 2.75) is 31.7 Å². The standard InChI is InChI=1S/C18H18N4O2/c23-18(20-14-3-1-2-4-14)22-17-6-5-15-16(21-17)9-13(10-19-15)12-7-8-24-11-12/h5-11,14H,1-4H2,(H2,20,21,22,23). The normalized spacial score (nSPS) is 14.8. The number of nitrogens with zero attached hydrogens (tertiary/aromatic N) is 2. The molecule has 0 unspecified atom stereocenters. The highest BCUT2D eigenvalue weighted by molar-refractivity contribution is 5.90. The third-order valence-corrected chi connectivity index (χ3v) is 4.32. The van der Waals surface area contributed by atoms with Crippen LogP contribution >= 0.6 is 0 Å². The monoisotopic (exact) mass is 322 g/mol. The van der Waals surface area contributed by atoms with Gasteiger partial charge in [0.15, 0.2) is 0 Å². The zero-order chi connectivity index (χ0) is 16.4. The fraction of sp³-hybridized carbons (Fsp3) is 0.278. The van der Waals surface area contributed by atoms with Crippen molar-refractivity contribution in [1.82, 2.24) is 15.3 Å². The van der Waals surface area contributed by atoms with Crippen LogP contribution in [0.5, 0.6) is 0 Å². The van der Waals surface area contributed by atoms with E-state index >= 15 is 0 Å². The van der Waals surface area contributed by atoms with Crippen LogP contribution in [-0.2, 0) is 0 Å². The highest BCUT2D eigenvalue weighted by Crippen LogP contribution is 2.23. The van der Waals surface area contributed by atoms with Gasteiger partial charge in [-0.3, -0.25) is 10.3 Å². The summed E-state index contributed by atoms with van der Waals surface area (Å²) in [6.07, 6.45) is 9.55. The van der Waals surface area contributed by atoms with Crippen LogP contribution in [0.1, 0.15) is 25.7 Å². The number of pyridine rings is 2. The molecule has 24 heavy (non-hydrogen) atoms. The molecule has 3 aromatic rings. The van der Waals surface area contributed by atoms with Gasteiger partial charge in [-0.2, -0.15) is 0 Å². The predicted octanol–water partition coefficient (Wildman–Crippen LogP) is 3.95. The molecule has 122 valence electrons. The molecule has 3 aromatic heterocycles. The van der Waals surface area contributed by atoms with Crippen molar-refractivity contribution in [3.63, 3.8) is 0 Å². The lowest BCUT2D eigenvalue weighted by molar-refractivity contribution is 0.248. The minimum Gasteiger partial charge on any atom is -0.472 e. The Balaban J connectivity index is 1.54. The van der Waals surface area contributed by atoms with E-state index in [1.54, 1.807) is 24.8 Å². The first-order chi connectivity index (χ1) is 11.8. The second kappa shape index (κ2) is 6.31. The van der Waals surface area contributed by atoms with Crippen molar-refractivity contribution < 1.29 is 9.21 Å². The van der Waals surface area contributed by atoms with E-state index in [1.807, 2.05) is 18.2 Å². The zero-order valence-electron chi connectivity index (χ0n) is 13.2. The first-order valence-electron chi connectivity index (χ1n) is 8.15. The minimum atomic E-state index is -0.201. The molecule has 0 bridgehead atoms. The van der Waals surface area contributed by atoms with Gasteiger partial charge in [-0.25, -0.2) is 9.78 Å². The van der Waals surface area contributed by atoms with Crippen LogP contribution in [0.4, 0.5) is 10.6 Å². The van der Waals surface area contributed by atoms with E-state index in [4.69, 9.17) is 4.42 Å². The summed E-state index contributed by atoms with van der Waals surface area (Å²) in [5.41, 5.74) is 3.39. The molecule has 0 aliphatic heterocycles. The Morgan fingerprint density at radius 3 is 2.79 bits per heavy atom. The first-order valence-corrected chi connectivity index (χ1v) is 8.15. The average molecular weight is 322 g/mol. The Morgan fingerprint density at radius 1 is 1.12 bits per heavy atom. The lowest BCUT2D eigenvalue weighted by Crippen LogP contribution is -2.36. The third kappa shape index (κ3) is 3.08. The second-order valence-corrected chi connectivity index (χ2v) is 6.05. The molecule has 6 heteroatoms. The lowest BCUT2D eigenvalue weighted by atomic mass is 10.1. The third-order valence-electron chi connectivity index (χ3n) is 4.32. The quantitative estimate of drug-likeness (QED) is 0.765. The number of furan rings is 1. The van der Waals surface area contributed by atoms with Crippen LogP contribution in [0.2, 0.25) is 0 Å². The summed E-state index contributed by atoms with van der Waals surface area (Å²) in [5, 5.41) is 5.80. The van der Waals surface area contributed by atoms with Gasteiger partial charge in [0.25, 0.3) is 0 Å². The van der Waals surface area contributed by atoms with E-state index in [0.29, 0.717) is 5.82 Å². The van der Waals surface area contributed by atoms with Gasteiger partial charge in [0.2, 0.25) is 0 Å². The molecule has 0 saturated heterocycles. The second-order valence-electron chi connectivity index (χ2n) is 6.05. The highest BCUT2D eigenvalue weighted by atomic mass is 16.3. The van der Waals surface area contributed by atoms with Crippen molar-refractivity contribution in [1.29, 1.82) is 0 Å². The number of rotatable bonds is 3. The molecule has 2 amide bonds. The Kier molecular flexibility index (Phi) is 3.86. The highest BCUT2D eigenvalue weighted by Gasteiger charge is 2.17. The van der Waals surface area contributed by atoms with Gasteiger partial charge in [-0.05, 0) is 37.1 Å². The van der Waals surface area contributed by atoms with E-state index in [9.17, 15) is 4.79 Å². The lowest BCUT2D eigenvalue weighted by Gasteiger charge is -2.12. The maximum Gasteiger partial charge on any atom is 0.320 e. The maximum atomic E-state index is 12.1. The Hall–Kier alpha value is -2.89. The summed E-state index contributed by atoms with van der Waals surface area (Å²) >= 11 is 0. The summed E-state index contributed by atoms with van der Waals surface area (Å²) in [5.74, 6) is 0.518. The SMILES string of the molecule is O=C(Nc1ccc2ncc(-c3ccoc3)cc2n1)NC1CCCC1. The van der Waals surface area contributed by atoms with Gasteiger partial charge in [-0.15, -0.1) is 0 Å². The summed E-state index contributed by atoms with van der Waals surface area (Å²) in [4.78, 5) is 21.0. The molecular weight excluding hydrogens is 304 g/mol. The number of hydrogen-bond donors (Lipinski definition) is 2. The van der Waals surface area contributed by atoms with Gasteiger partial charge in [0, 0.05) is 23.4 Å². The molecule has 4 rings (SSSR count). The van der Waals surface area contributed by atoms with Crippen LogP contribution in [-0.4, -0.2) is 22.0 Å². The van der Waals surface area contributed by atoms with Crippen LogP contribution in [0.25, 0.3) is 22.2 Å². The van der Waals surface area contributed by atoms with Crippen molar-refractivity contribution in [2.75, 3.05) is 5.32 Å². The molecule has 0 aromatic carbocycles. The summed E-state index contributed by atoms with van der Waals surface area (Å²) in [6.45, 7) is 0. The maximum absolute atomic E-state index is 12.1. The van der Waals surface area contributed by atoms with E-state index < -0.39 is 0 Å². The van der Waals surface area contributed by atoms with Gasteiger partial charge in [0.05, 0.1) is 23.6 Å². The Bertz CT molecular complexity index is 855. The van der Waals surface area contributed by atoms with Gasteiger partial charge < -0.3 is 9.73 Å². The van der Waals surface area contributed by atoms with Gasteiger partial charge >= 0.3 is 6.03 Å². The average Bonchev–Trinajstić information content (AvgIpc) is 3.27. The van der Waals surface area contributed by atoms with Crippen LogP contribution in [0, 0.1) is 0 Å². The van der Waals surface area contributed by atoms with Crippen LogP contribution in [0.3, 0.4) is 0 Å². The molecule has 1 aliphatic rings. The molecule has 0 spiro atoms. The van der Waals surface area contributed by atoms with Gasteiger partial charge in [0.1, 0.15) is 5.82 Å². The molecule has 6 nitrogen and oxygen atoms in total. The van der Waals surface area contributed by atoms with E-state index in [2.05, 4.69) is 20.6 Å². The van der Waals surface area contributed by atoms with E-state index in [0.717, 1.165) is 35.0 Å². The van der Waals surface area contributed by atoms with Crippen molar-refractivity contribution >= 4 is 22.9 Å².